The van der Waals surface area contributed by atoms with Crippen LogP contribution in [-0.2, 0) is 19.1 Å². The van der Waals surface area contributed by atoms with Crippen LogP contribution in [0.2, 0.25) is 0 Å². The molecule has 0 heterocycles. The van der Waals surface area contributed by atoms with Crippen LogP contribution in [0.4, 0.5) is 4.79 Å². The van der Waals surface area contributed by atoms with Crippen LogP contribution in [0.3, 0.4) is 0 Å². The van der Waals surface area contributed by atoms with Crippen molar-refractivity contribution in [3.8, 4) is 5.75 Å². The zero-order valence-corrected chi connectivity index (χ0v) is 15.9. The van der Waals surface area contributed by atoms with Crippen LogP contribution in [0.15, 0.2) is 30.3 Å². The van der Waals surface area contributed by atoms with Gasteiger partial charge in [-0.15, -0.1) is 0 Å². The first kappa shape index (κ1) is 22.3. The molecule has 0 radical (unpaired) electrons. The largest absolute Gasteiger partial charge is 0.484 e. The van der Waals surface area contributed by atoms with Crippen LogP contribution in [0.25, 0.3) is 0 Å². The minimum absolute atomic E-state index is 0.273. The number of primary amides is 1. The third-order valence-corrected chi connectivity index (χ3v) is 3.90. The van der Waals surface area contributed by atoms with Gasteiger partial charge in [-0.1, -0.05) is 18.2 Å². The molecule has 1 rings (SSSR count). The molecule has 0 aliphatic carbocycles. The number of ether oxygens (including phenoxy) is 2. The van der Waals surface area contributed by atoms with Gasteiger partial charge in [-0.25, -0.2) is 9.59 Å². The molecule has 0 unspecified atom stereocenters. The van der Waals surface area contributed by atoms with Crippen molar-refractivity contribution >= 4 is 35.6 Å². The Morgan fingerprint density at radius 3 is 2.44 bits per heavy atom. The first-order chi connectivity index (χ1) is 12.8. The van der Waals surface area contributed by atoms with Crippen molar-refractivity contribution < 1.29 is 28.7 Å². The highest BCUT2D eigenvalue weighted by Gasteiger charge is 2.26. The van der Waals surface area contributed by atoms with E-state index in [1.54, 1.807) is 24.3 Å². The number of thioether (sulfide) groups is 1. The van der Waals surface area contributed by atoms with Gasteiger partial charge in [-0.3, -0.25) is 14.9 Å². The van der Waals surface area contributed by atoms with Crippen molar-refractivity contribution in [2.45, 2.75) is 25.5 Å². The molecule has 4 amide bonds. The Balaban J connectivity index is 2.59. The zero-order chi connectivity index (χ0) is 20.2. The van der Waals surface area contributed by atoms with E-state index in [0.29, 0.717) is 17.9 Å². The minimum atomic E-state index is -1.24. The van der Waals surface area contributed by atoms with Crippen molar-refractivity contribution in [2.24, 2.45) is 5.73 Å². The van der Waals surface area contributed by atoms with Crippen LogP contribution >= 0.6 is 11.8 Å². The fourth-order valence-corrected chi connectivity index (χ4v) is 2.39. The molecule has 4 N–H and O–H groups in total. The molecule has 0 aliphatic rings. The molecule has 0 fully saturated rings. The molecule has 0 saturated carbocycles. The number of nitrogens with two attached hydrogens (primary N) is 1. The molecule has 27 heavy (non-hydrogen) atoms. The fourth-order valence-electron chi connectivity index (χ4n) is 1.92. The van der Waals surface area contributed by atoms with Gasteiger partial charge in [0.2, 0.25) is 0 Å². The van der Waals surface area contributed by atoms with E-state index in [9.17, 15) is 19.2 Å². The van der Waals surface area contributed by atoms with Crippen LogP contribution in [-0.4, -0.2) is 54.6 Å². The second kappa shape index (κ2) is 11.8. The molecular weight excluding hydrogens is 374 g/mol. The SMILES string of the molecule is CSCC[C@@H](NC(=O)COc1ccccc1)C(=O)O[C@H](C)C(=O)NC(N)=O. The summed E-state index contributed by atoms with van der Waals surface area (Å²) in [5.41, 5.74) is 4.85. The van der Waals surface area contributed by atoms with Gasteiger partial charge in [0, 0.05) is 0 Å². The number of benzene rings is 1. The summed E-state index contributed by atoms with van der Waals surface area (Å²) in [6.45, 7) is 1.02. The highest BCUT2D eigenvalue weighted by molar-refractivity contribution is 7.98. The lowest BCUT2D eigenvalue weighted by Gasteiger charge is -2.20. The Kier molecular flexibility index (Phi) is 9.73. The lowest BCUT2D eigenvalue weighted by atomic mass is 10.2. The van der Waals surface area contributed by atoms with Crippen molar-refractivity contribution in [1.29, 1.82) is 0 Å². The molecule has 0 bridgehead atoms. The summed E-state index contributed by atoms with van der Waals surface area (Å²) in [4.78, 5) is 46.6. The molecule has 2 atom stereocenters. The van der Waals surface area contributed by atoms with Crippen LogP contribution < -0.4 is 21.1 Å². The number of carbonyl (C=O) groups is 4. The first-order valence-corrected chi connectivity index (χ1v) is 9.49. The lowest BCUT2D eigenvalue weighted by molar-refractivity contribution is -0.157. The van der Waals surface area contributed by atoms with Gasteiger partial charge in [-0.2, -0.15) is 11.8 Å². The summed E-state index contributed by atoms with van der Waals surface area (Å²) in [5, 5.41) is 4.35. The summed E-state index contributed by atoms with van der Waals surface area (Å²) in [6.07, 6.45) is 0.923. The van der Waals surface area contributed by atoms with E-state index in [4.69, 9.17) is 15.2 Å². The summed E-state index contributed by atoms with van der Waals surface area (Å²) in [6, 6.07) is 6.75. The van der Waals surface area contributed by atoms with Gasteiger partial charge in [0.1, 0.15) is 11.8 Å². The molecule has 0 aliphatic heterocycles. The first-order valence-electron chi connectivity index (χ1n) is 8.10. The molecule has 1 aromatic carbocycles. The topological polar surface area (TPSA) is 137 Å². The number of esters is 1. The number of imide groups is 1. The Labute approximate surface area is 161 Å². The summed E-state index contributed by atoms with van der Waals surface area (Å²) < 4.78 is 10.3. The van der Waals surface area contributed by atoms with Gasteiger partial charge in [-0.05, 0) is 37.5 Å². The Morgan fingerprint density at radius 1 is 1.19 bits per heavy atom. The molecule has 0 aromatic heterocycles. The predicted molar refractivity (Wildman–Crippen MR) is 100 cm³/mol. The summed E-state index contributed by atoms with van der Waals surface area (Å²) >= 11 is 1.49. The Hall–Kier alpha value is -2.75. The van der Waals surface area contributed by atoms with E-state index < -0.39 is 36.0 Å². The van der Waals surface area contributed by atoms with E-state index in [0.717, 1.165) is 0 Å². The third-order valence-electron chi connectivity index (χ3n) is 3.25. The van der Waals surface area contributed by atoms with E-state index in [-0.39, 0.29) is 6.61 Å². The maximum Gasteiger partial charge on any atom is 0.329 e. The quantitative estimate of drug-likeness (QED) is 0.487. The van der Waals surface area contributed by atoms with E-state index >= 15 is 0 Å². The second-order valence-electron chi connectivity index (χ2n) is 5.44. The number of hydrogen-bond donors (Lipinski definition) is 3. The van der Waals surface area contributed by atoms with Gasteiger partial charge in [0.25, 0.3) is 11.8 Å². The molecule has 148 valence electrons. The average molecular weight is 397 g/mol. The van der Waals surface area contributed by atoms with Crippen LogP contribution in [0.5, 0.6) is 5.75 Å². The van der Waals surface area contributed by atoms with E-state index in [2.05, 4.69) is 5.32 Å². The molecular formula is C17H23N3O6S. The number of nitrogens with one attached hydrogen (secondary N) is 2. The van der Waals surface area contributed by atoms with Gasteiger partial charge in [0.05, 0.1) is 0 Å². The highest BCUT2D eigenvalue weighted by atomic mass is 32.2. The number of para-hydroxylation sites is 1. The monoisotopic (exact) mass is 397 g/mol. The fraction of sp³-hybridized carbons (Fsp3) is 0.412. The minimum Gasteiger partial charge on any atom is -0.484 e. The summed E-state index contributed by atoms with van der Waals surface area (Å²) in [7, 11) is 0. The molecule has 0 spiro atoms. The smallest absolute Gasteiger partial charge is 0.329 e. The Morgan fingerprint density at radius 2 is 1.85 bits per heavy atom. The van der Waals surface area contributed by atoms with Crippen molar-refractivity contribution in [1.82, 2.24) is 10.6 Å². The number of rotatable bonds is 10. The summed E-state index contributed by atoms with van der Waals surface area (Å²) in [5.74, 6) is -1.03. The molecule has 9 nitrogen and oxygen atoms in total. The maximum atomic E-state index is 12.3. The van der Waals surface area contributed by atoms with Gasteiger partial charge in [0.15, 0.2) is 12.7 Å². The zero-order valence-electron chi connectivity index (χ0n) is 15.1. The Bertz CT molecular complexity index is 655. The average Bonchev–Trinajstić information content (AvgIpc) is 2.63. The van der Waals surface area contributed by atoms with Crippen molar-refractivity contribution in [3.05, 3.63) is 30.3 Å². The van der Waals surface area contributed by atoms with Crippen LogP contribution in [0, 0.1) is 0 Å². The normalized spacial score (nSPS) is 12.4. The van der Waals surface area contributed by atoms with Gasteiger partial charge >= 0.3 is 12.0 Å². The van der Waals surface area contributed by atoms with E-state index in [1.807, 2.05) is 17.6 Å². The number of carbonyl (C=O) groups excluding carboxylic acids is 4. The number of amides is 4. The molecule has 10 heteroatoms. The van der Waals surface area contributed by atoms with Crippen molar-refractivity contribution in [2.75, 3.05) is 18.6 Å². The lowest BCUT2D eigenvalue weighted by Crippen LogP contribution is -2.47. The molecule has 0 saturated heterocycles. The van der Waals surface area contributed by atoms with Crippen LogP contribution in [0.1, 0.15) is 13.3 Å². The standard InChI is InChI=1S/C17H23N3O6S/c1-11(15(22)20-17(18)24)26-16(23)13(8-9-27-2)19-14(21)10-25-12-6-4-3-5-7-12/h3-7,11,13H,8-10H2,1-2H3,(H,19,21)(H3,18,20,22,24)/t11-,13-/m1/s1. The van der Waals surface area contributed by atoms with Crippen molar-refractivity contribution in [3.63, 3.8) is 0 Å². The molecule has 1 aromatic rings. The number of urea groups is 1. The van der Waals surface area contributed by atoms with E-state index in [1.165, 1.54) is 18.7 Å². The second-order valence-corrected chi connectivity index (χ2v) is 6.42. The third kappa shape index (κ3) is 8.95. The number of hydrogen-bond acceptors (Lipinski definition) is 7. The predicted octanol–water partition coefficient (Wildman–Crippen LogP) is 0.430. The highest BCUT2D eigenvalue weighted by Crippen LogP contribution is 2.08. The maximum absolute atomic E-state index is 12.3. The van der Waals surface area contributed by atoms with Gasteiger partial charge < -0.3 is 20.5 Å².